The van der Waals surface area contributed by atoms with Crippen molar-refractivity contribution in [1.29, 1.82) is 0 Å². The van der Waals surface area contributed by atoms with E-state index in [2.05, 4.69) is 18.4 Å². The van der Waals surface area contributed by atoms with Crippen molar-refractivity contribution in [3.8, 4) is 11.5 Å². The van der Waals surface area contributed by atoms with Crippen molar-refractivity contribution in [1.82, 2.24) is 4.48 Å². The predicted molar refractivity (Wildman–Crippen MR) is 117 cm³/mol. The van der Waals surface area contributed by atoms with Crippen molar-refractivity contribution in [2.24, 2.45) is 0 Å². The van der Waals surface area contributed by atoms with Crippen LogP contribution in [-0.2, 0) is 14.9 Å². The minimum Gasteiger partial charge on any atom is -0.491 e. The molecule has 0 aliphatic carbocycles. The highest BCUT2D eigenvalue weighted by molar-refractivity contribution is 6.10. The van der Waals surface area contributed by atoms with Gasteiger partial charge in [0.25, 0.3) is 0 Å². The summed E-state index contributed by atoms with van der Waals surface area (Å²) in [6, 6.07) is 12.1. The van der Waals surface area contributed by atoms with E-state index in [9.17, 15) is 4.79 Å². The number of ether oxygens (including phenoxy) is 3. The summed E-state index contributed by atoms with van der Waals surface area (Å²) in [6.07, 6.45) is 2.52. The third kappa shape index (κ3) is 2.60. The molecular formula is C23H26ClN2O4+. The van der Waals surface area contributed by atoms with E-state index in [-0.39, 0.29) is 24.4 Å². The summed E-state index contributed by atoms with van der Waals surface area (Å²) in [5, 5.41) is 3.06. The average molecular weight is 430 g/mol. The molecule has 158 valence electrons. The number of nitrogens with zero attached hydrogens (tertiary/aromatic N) is 1. The molecule has 1 fully saturated rings. The Hall–Kier alpha value is -2.28. The van der Waals surface area contributed by atoms with Gasteiger partial charge in [-0.15, -0.1) is 12.4 Å². The fourth-order valence-corrected chi connectivity index (χ4v) is 5.44. The Balaban J connectivity index is 0.00000193. The molecule has 30 heavy (non-hydrogen) atoms. The molecule has 4 aliphatic heterocycles. The summed E-state index contributed by atoms with van der Waals surface area (Å²) in [7, 11) is 2.25. The van der Waals surface area contributed by atoms with Crippen molar-refractivity contribution >= 4 is 29.7 Å². The number of fused-ring (bicyclic) bond motifs is 5. The van der Waals surface area contributed by atoms with Crippen molar-refractivity contribution in [3.05, 3.63) is 47.5 Å². The molecule has 0 aromatic heterocycles. The zero-order valence-corrected chi connectivity index (χ0v) is 17.8. The summed E-state index contributed by atoms with van der Waals surface area (Å²) in [4.78, 5) is 13.2. The van der Waals surface area contributed by atoms with E-state index in [1.165, 1.54) is 0 Å². The van der Waals surface area contributed by atoms with E-state index in [1.54, 1.807) is 0 Å². The molecule has 2 aromatic rings. The number of carbonyl (C=O) groups excluding carboxylic acids is 1. The van der Waals surface area contributed by atoms with Gasteiger partial charge in [-0.05, 0) is 24.5 Å². The van der Waals surface area contributed by atoms with E-state index in [0.29, 0.717) is 13.2 Å². The molecule has 7 heteroatoms. The summed E-state index contributed by atoms with van der Waals surface area (Å²) < 4.78 is 18.8. The van der Waals surface area contributed by atoms with Gasteiger partial charge in [0.1, 0.15) is 43.6 Å². The second kappa shape index (κ2) is 6.87. The second-order valence-corrected chi connectivity index (χ2v) is 8.80. The molecule has 1 saturated heterocycles. The smallest absolute Gasteiger partial charge is 0.243 e. The summed E-state index contributed by atoms with van der Waals surface area (Å²) >= 11 is 0. The number of rotatable bonds is 2. The summed E-state index contributed by atoms with van der Waals surface area (Å²) in [6.45, 7) is 3.66. The van der Waals surface area contributed by atoms with Crippen LogP contribution in [0.15, 0.2) is 36.4 Å². The van der Waals surface area contributed by atoms with Gasteiger partial charge in [0, 0.05) is 30.0 Å². The lowest BCUT2D eigenvalue weighted by molar-refractivity contribution is -0.119. The highest BCUT2D eigenvalue weighted by Gasteiger charge is 2.55. The van der Waals surface area contributed by atoms with Crippen LogP contribution in [0.4, 0.5) is 11.4 Å². The number of amides is 1. The molecule has 1 amide bonds. The van der Waals surface area contributed by atoms with E-state index in [4.69, 9.17) is 14.2 Å². The molecule has 2 aromatic carbocycles. The van der Waals surface area contributed by atoms with Gasteiger partial charge in [-0.1, -0.05) is 18.2 Å². The number of halogens is 1. The van der Waals surface area contributed by atoms with E-state index >= 15 is 0 Å². The first-order valence-electron chi connectivity index (χ1n) is 10.4. The Morgan fingerprint density at radius 1 is 1.13 bits per heavy atom. The van der Waals surface area contributed by atoms with Crippen LogP contribution in [0.2, 0.25) is 0 Å². The van der Waals surface area contributed by atoms with E-state index < -0.39 is 5.41 Å². The van der Waals surface area contributed by atoms with Gasteiger partial charge >= 0.3 is 0 Å². The van der Waals surface area contributed by atoms with E-state index in [1.807, 2.05) is 30.3 Å². The molecule has 4 aliphatic rings. The minimum atomic E-state index is -0.785. The molecule has 3 unspecified atom stereocenters. The van der Waals surface area contributed by atoms with Crippen LogP contribution < -0.4 is 19.3 Å². The number of hydrogen-bond acceptors (Lipinski definition) is 4. The highest BCUT2D eigenvalue weighted by Crippen LogP contribution is 2.53. The first-order chi connectivity index (χ1) is 14.1. The molecule has 1 spiro atoms. The maximum atomic E-state index is 13.2. The SMILES string of the molecule is C[N+]1(CC2CCCO2)CCOc2cc3c(cc21)C1(CO3)C(=O)Nc2ccccc21.Cl. The third-order valence-electron chi connectivity index (χ3n) is 7.04. The molecule has 0 saturated carbocycles. The first kappa shape index (κ1) is 19.7. The molecule has 3 atom stereocenters. The molecule has 6 nitrogen and oxygen atoms in total. The fourth-order valence-electron chi connectivity index (χ4n) is 5.44. The number of likely N-dealkylation sites (N-methyl/N-ethyl adjacent to an activating group) is 1. The number of nitrogens with one attached hydrogen (secondary N) is 1. The minimum absolute atomic E-state index is 0. The van der Waals surface area contributed by atoms with Crippen molar-refractivity contribution in [3.63, 3.8) is 0 Å². The number of hydrogen-bond donors (Lipinski definition) is 1. The number of para-hydroxylation sites is 1. The van der Waals surface area contributed by atoms with Crippen LogP contribution in [0.3, 0.4) is 0 Å². The summed E-state index contributed by atoms with van der Waals surface area (Å²) in [5.74, 6) is 1.60. The van der Waals surface area contributed by atoms with Gasteiger partial charge in [0.05, 0.1) is 7.05 Å². The van der Waals surface area contributed by atoms with Gasteiger partial charge < -0.3 is 19.5 Å². The maximum Gasteiger partial charge on any atom is 0.243 e. The second-order valence-electron chi connectivity index (χ2n) is 8.80. The summed E-state index contributed by atoms with van der Waals surface area (Å²) in [5.41, 5.74) is 3.15. The molecule has 0 bridgehead atoms. The number of quaternary nitrogens is 1. The van der Waals surface area contributed by atoms with Crippen molar-refractivity contribution < 1.29 is 19.0 Å². The standard InChI is InChI=1S/C23H24N2O4.ClH/c1-25(13-15-5-4-9-27-15)8-10-28-21-12-20-17(11-19(21)25)23(14-29-20)16-6-2-3-7-18(16)24-22(23)26;/h2-3,6-7,11-12,15H,4-5,8-10,13-14H2,1H3;1H/p+1. The first-order valence-corrected chi connectivity index (χ1v) is 10.4. The fraction of sp³-hybridized carbons (Fsp3) is 0.435. The van der Waals surface area contributed by atoms with Crippen LogP contribution in [0.5, 0.6) is 11.5 Å². The molecule has 4 heterocycles. The topological polar surface area (TPSA) is 56.8 Å². The zero-order chi connectivity index (χ0) is 19.6. The van der Waals surface area contributed by atoms with Crippen molar-refractivity contribution in [2.75, 3.05) is 45.3 Å². The molecule has 0 radical (unpaired) electrons. The Morgan fingerprint density at radius 2 is 2.00 bits per heavy atom. The van der Waals surface area contributed by atoms with Gasteiger partial charge in [-0.3, -0.25) is 9.28 Å². The highest BCUT2D eigenvalue weighted by atomic mass is 35.5. The molecular weight excluding hydrogens is 404 g/mol. The van der Waals surface area contributed by atoms with Crippen LogP contribution in [0.25, 0.3) is 0 Å². The van der Waals surface area contributed by atoms with Gasteiger partial charge in [0.2, 0.25) is 5.91 Å². The van der Waals surface area contributed by atoms with Crippen LogP contribution >= 0.6 is 12.4 Å². The van der Waals surface area contributed by atoms with Crippen molar-refractivity contribution in [2.45, 2.75) is 24.4 Å². The lowest BCUT2D eigenvalue weighted by Crippen LogP contribution is -2.54. The average Bonchev–Trinajstić information content (AvgIpc) is 3.41. The lowest BCUT2D eigenvalue weighted by Gasteiger charge is -2.40. The number of benzene rings is 2. The predicted octanol–water partition coefficient (Wildman–Crippen LogP) is 3.25. The normalized spacial score (nSPS) is 30.6. The van der Waals surface area contributed by atoms with Crippen LogP contribution in [0, 0.1) is 0 Å². The zero-order valence-electron chi connectivity index (χ0n) is 17.0. The Morgan fingerprint density at radius 3 is 2.83 bits per heavy atom. The lowest BCUT2D eigenvalue weighted by atomic mass is 9.77. The Bertz CT molecular complexity index is 1020. The maximum absolute atomic E-state index is 13.2. The Labute approximate surface area is 182 Å². The third-order valence-corrected chi connectivity index (χ3v) is 7.04. The molecule has 1 N–H and O–H groups in total. The van der Waals surface area contributed by atoms with Crippen LogP contribution in [0.1, 0.15) is 24.0 Å². The van der Waals surface area contributed by atoms with Gasteiger partial charge in [-0.2, -0.15) is 0 Å². The number of carbonyl (C=O) groups is 1. The quantitative estimate of drug-likeness (QED) is 0.744. The molecule has 6 rings (SSSR count). The number of anilines is 1. The Kier molecular flexibility index (Phi) is 4.51. The largest absolute Gasteiger partial charge is 0.491 e. The monoisotopic (exact) mass is 429 g/mol. The van der Waals surface area contributed by atoms with Gasteiger partial charge in [0.15, 0.2) is 11.4 Å². The van der Waals surface area contributed by atoms with E-state index in [0.717, 1.165) is 71.0 Å². The van der Waals surface area contributed by atoms with Crippen LogP contribution in [-0.4, -0.2) is 52.0 Å². The van der Waals surface area contributed by atoms with Gasteiger partial charge in [-0.25, -0.2) is 0 Å².